The Labute approximate surface area is 120 Å². The van der Waals surface area contributed by atoms with Gasteiger partial charge in [0, 0.05) is 12.1 Å². The molecule has 2 aromatic rings. The quantitative estimate of drug-likeness (QED) is 0.861. The van der Waals surface area contributed by atoms with Crippen LogP contribution in [0.3, 0.4) is 0 Å². The molecule has 2 rings (SSSR count). The normalized spacial score (nSPS) is 10.2. The lowest BCUT2D eigenvalue weighted by Crippen LogP contribution is -2.42. The zero-order chi connectivity index (χ0) is 14.5. The molecule has 3 heteroatoms. The molecular formula is C17H20N2O. The highest BCUT2D eigenvalue weighted by Crippen LogP contribution is 2.13. The summed E-state index contributed by atoms with van der Waals surface area (Å²) in [5, 5.41) is 1.85. The Morgan fingerprint density at radius 3 is 1.95 bits per heavy atom. The van der Waals surface area contributed by atoms with Gasteiger partial charge in [-0.15, -0.1) is 0 Å². The summed E-state index contributed by atoms with van der Waals surface area (Å²) in [5.74, 6) is -0.0903. The summed E-state index contributed by atoms with van der Waals surface area (Å²) in [6.07, 6.45) is 0. The van der Waals surface area contributed by atoms with Gasteiger partial charge in [-0.3, -0.25) is 15.2 Å². The van der Waals surface area contributed by atoms with Crippen molar-refractivity contribution in [2.75, 3.05) is 11.6 Å². The van der Waals surface area contributed by atoms with Gasteiger partial charge in [-0.2, -0.15) is 0 Å². The number of amides is 1. The molecule has 0 aromatic heterocycles. The molecule has 1 amide bonds. The summed E-state index contributed by atoms with van der Waals surface area (Å²) in [7, 11) is 0. The van der Waals surface area contributed by atoms with Gasteiger partial charge in [0.1, 0.15) is 0 Å². The largest absolute Gasteiger partial charge is 0.286 e. The van der Waals surface area contributed by atoms with Gasteiger partial charge in [0.15, 0.2) is 0 Å². The van der Waals surface area contributed by atoms with Crippen molar-refractivity contribution in [2.24, 2.45) is 0 Å². The maximum absolute atomic E-state index is 12.2. The molecule has 1 N–H and O–H groups in total. The first-order chi connectivity index (χ1) is 9.60. The minimum atomic E-state index is -0.0903. The van der Waals surface area contributed by atoms with E-state index in [2.05, 4.69) is 5.43 Å². The van der Waals surface area contributed by atoms with Crippen LogP contribution in [-0.4, -0.2) is 12.5 Å². The Hall–Kier alpha value is -2.29. The summed E-state index contributed by atoms with van der Waals surface area (Å²) in [6, 6.07) is 15.7. The summed E-state index contributed by atoms with van der Waals surface area (Å²) in [4.78, 5) is 12.2. The van der Waals surface area contributed by atoms with E-state index < -0.39 is 0 Å². The topological polar surface area (TPSA) is 32.3 Å². The first kappa shape index (κ1) is 14.1. The standard InChI is InChI=1S/C17H20N2O/c1-4-19(16-11-7-14(3)8-12-16)18-17(20)15-9-5-13(2)6-10-15/h5-12H,4H2,1-3H3,(H,18,20). The van der Waals surface area contributed by atoms with E-state index in [4.69, 9.17) is 0 Å². The third-order valence-electron chi connectivity index (χ3n) is 3.21. The Balaban J connectivity index is 2.11. The predicted octanol–water partition coefficient (Wildman–Crippen LogP) is 3.47. The Bertz CT molecular complexity index is 573. The van der Waals surface area contributed by atoms with Gasteiger partial charge in [-0.25, -0.2) is 0 Å². The van der Waals surface area contributed by atoms with Crippen LogP contribution < -0.4 is 10.4 Å². The van der Waals surface area contributed by atoms with E-state index in [1.54, 1.807) is 0 Å². The molecule has 0 unspecified atom stereocenters. The smallest absolute Gasteiger partial charge is 0.269 e. The highest BCUT2D eigenvalue weighted by Gasteiger charge is 2.10. The van der Waals surface area contributed by atoms with Gasteiger partial charge in [-0.1, -0.05) is 35.4 Å². The van der Waals surface area contributed by atoms with Crippen LogP contribution in [0.25, 0.3) is 0 Å². The SMILES string of the molecule is CCN(NC(=O)c1ccc(C)cc1)c1ccc(C)cc1. The van der Waals surface area contributed by atoms with E-state index >= 15 is 0 Å². The molecular weight excluding hydrogens is 248 g/mol. The number of anilines is 1. The fourth-order valence-electron chi connectivity index (χ4n) is 1.94. The van der Waals surface area contributed by atoms with Crippen molar-refractivity contribution in [1.82, 2.24) is 5.43 Å². The summed E-state index contributed by atoms with van der Waals surface area (Å²) in [6.45, 7) is 6.77. The molecule has 0 aliphatic rings. The molecule has 0 saturated heterocycles. The molecule has 0 atom stereocenters. The molecule has 2 aromatic carbocycles. The number of aryl methyl sites for hydroxylation is 2. The second kappa shape index (κ2) is 6.24. The van der Waals surface area contributed by atoms with Crippen molar-refractivity contribution in [2.45, 2.75) is 20.8 Å². The summed E-state index contributed by atoms with van der Waals surface area (Å²) in [5.41, 5.74) is 6.93. The van der Waals surface area contributed by atoms with Crippen LogP contribution in [0, 0.1) is 13.8 Å². The van der Waals surface area contributed by atoms with Gasteiger partial charge in [0.2, 0.25) is 0 Å². The number of carbonyl (C=O) groups excluding carboxylic acids is 1. The number of benzene rings is 2. The number of rotatable bonds is 4. The van der Waals surface area contributed by atoms with E-state index in [0.717, 1.165) is 11.3 Å². The number of nitrogens with zero attached hydrogens (tertiary/aromatic N) is 1. The summed E-state index contributed by atoms with van der Waals surface area (Å²) >= 11 is 0. The average molecular weight is 268 g/mol. The van der Waals surface area contributed by atoms with Crippen molar-refractivity contribution >= 4 is 11.6 Å². The van der Waals surface area contributed by atoms with E-state index in [0.29, 0.717) is 12.1 Å². The van der Waals surface area contributed by atoms with Crippen molar-refractivity contribution in [3.05, 3.63) is 65.2 Å². The van der Waals surface area contributed by atoms with Gasteiger partial charge < -0.3 is 0 Å². The van der Waals surface area contributed by atoms with Crippen molar-refractivity contribution in [3.63, 3.8) is 0 Å². The van der Waals surface area contributed by atoms with E-state index in [9.17, 15) is 4.79 Å². The van der Waals surface area contributed by atoms with E-state index in [1.165, 1.54) is 5.56 Å². The second-order valence-electron chi connectivity index (χ2n) is 4.89. The third kappa shape index (κ3) is 3.38. The van der Waals surface area contributed by atoms with Crippen LogP contribution >= 0.6 is 0 Å². The van der Waals surface area contributed by atoms with Gasteiger partial charge in [0.25, 0.3) is 5.91 Å². The fourth-order valence-corrected chi connectivity index (χ4v) is 1.94. The van der Waals surface area contributed by atoms with Crippen molar-refractivity contribution < 1.29 is 4.79 Å². The zero-order valence-corrected chi connectivity index (χ0v) is 12.2. The Kier molecular flexibility index (Phi) is 4.41. The molecule has 104 valence electrons. The van der Waals surface area contributed by atoms with Crippen LogP contribution in [0.2, 0.25) is 0 Å². The molecule has 0 spiro atoms. The third-order valence-corrected chi connectivity index (χ3v) is 3.21. The molecule has 0 aliphatic heterocycles. The van der Waals surface area contributed by atoms with Crippen LogP contribution in [-0.2, 0) is 0 Å². The number of carbonyl (C=O) groups is 1. The number of hydrogen-bond donors (Lipinski definition) is 1. The van der Waals surface area contributed by atoms with Gasteiger partial charge in [0.05, 0.1) is 5.69 Å². The van der Waals surface area contributed by atoms with E-state index in [1.807, 2.05) is 74.3 Å². The Morgan fingerprint density at radius 1 is 0.950 bits per heavy atom. The lowest BCUT2D eigenvalue weighted by Gasteiger charge is -2.24. The first-order valence-electron chi connectivity index (χ1n) is 6.82. The predicted molar refractivity (Wildman–Crippen MR) is 82.8 cm³/mol. The minimum Gasteiger partial charge on any atom is -0.286 e. The monoisotopic (exact) mass is 268 g/mol. The molecule has 20 heavy (non-hydrogen) atoms. The van der Waals surface area contributed by atoms with Crippen LogP contribution in [0.15, 0.2) is 48.5 Å². The van der Waals surface area contributed by atoms with Crippen LogP contribution in [0.1, 0.15) is 28.4 Å². The van der Waals surface area contributed by atoms with Crippen molar-refractivity contribution in [3.8, 4) is 0 Å². The fraction of sp³-hybridized carbons (Fsp3) is 0.235. The highest BCUT2D eigenvalue weighted by atomic mass is 16.2. The maximum Gasteiger partial charge on any atom is 0.269 e. The lowest BCUT2D eigenvalue weighted by atomic mass is 10.1. The number of hydrazine groups is 1. The molecule has 0 radical (unpaired) electrons. The van der Waals surface area contributed by atoms with E-state index in [-0.39, 0.29) is 5.91 Å². The minimum absolute atomic E-state index is 0.0903. The first-order valence-corrected chi connectivity index (χ1v) is 6.82. The summed E-state index contributed by atoms with van der Waals surface area (Å²) < 4.78 is 0. The molecule has 0 bridgehead atoms. The van der Waals surface area contributed by atoms with Gasteiger partial charge in [-0.05, 0) is 45.0 Å². The number of hydrogen-bond acceptors (Lipinski definition) is 2. The Morgan fingerprint density at radius 2 is 1.45 bits per heavy atom. The highest BCUT2D eigenvalue weighted by molar-refractivity contribution is 5.95. The molecule has 0 aliphatic carbocycles. The van der Waals surface area contributed by atoms with Gasteiger partial charge >= 0.3 is 0 Å². The second-order valence-corrected chi connectivity index (χ2v) is 4.89. The number of nitrogens with one attached hydrogen (secondary N) is 1. The molecule has 0 saturated carbocycles. The molecule has 0 heterocycles. The lowest BCUT2D eigenvalue weighted by molar-refractivity contribution is 0.0949. The molecule has 3 nitrogen and oxygen atoms in total. The van der Waals surface area contributed by atoms with Crippen molar-refractivity contribution in [1.29, 1.82) is 0 Å². The average Bonchev–Trinajstić information content (AvgIpc) is 2.46. The molecule has 0 fully saturated rings. The van der Waals surface area contributed by atoms with Crippen LogP contribution in [0.5, 0.6) is 0 Å². The van der Waals surface area contributed by atoms with Crippen LogP contribution in [0.4, 0.5) is 5.69 Å². The maximum atomic E-state index is 12.2. The zero-order valence-electron chi connectivity index (χ0n) is 12.2.